The van der Waals surface area contributed by atoms with Gasteiger partial charge in [-0.05, 0) is 18.2 Å². The van der Waals surface area contributed by atoms with Crippen LogP contribution in [0.2, 0.25) is 0 Å². The number of esters is 1. The smallest absolute Gasteiger partial charge is 0.312 e. The number of fused-ring (bicyclic) bond motifs is 3. The predicted molar refractivity (Wildman–Crippen MR) is 87.1 cm³/mol. The lowest BCUT2D eigenvalue weighted by atomic mass is 9.86. The van der Waals surface area contributed by atoms with E-state index in [4.69, 9.17) is 18.6 Å². The molecule has 5 rings (SSSR count). The maximum Gasteiger partial charge on any atom is 0.312 e. The predicted octanol–water partition coefficient (Wildman–Crippen LogP) is 2.96. The van der Waals surface area contributed by atoms with Crippen LogP contribution in [0.25, 0.3) is 11.0 Å². The van der Waals surface area contributed by atoms with E-state index in [2.05, 4.69) is 0 Å². The van der Waals surface area contributed by atoms with Gasteiger partial charge in [0.15, 0.2) is 16.9 Å². The summed E-state index contributed by atoms with van der Waals surface area (Å²) in [6.07, 6.45) is 1.50. The van der Waals surface area contributed by atoms with Crippen LogP contribution in [0.5, 0.6) is 17.2 Å². The lowest BCUT2D eigenvalue weighted by Crippen LogP contribution is -2.24. The molecule has 1 aromatic heterocycles. The van der Waals surface area contributed by atoms with Gasteiger partial charge >= 0.3 is 5.97 Å². The van der Waals surface area contributed by atoms with E-state index in [-0.39, 0.29) is 18.6 Å². The Morgan fingerprint density at radius 3 is 2.60 bits per heavy atom. The molecule has 1 atom stereocenters. The van der Waals surface area contributed by atoms with Crippen LogP contribution in [-0.4, -0.2) is 12.8 Å². The maximum absolute atomic E-state index is 12.9. The van der Waals surface area contributed by atoms with Gasteiger partial charge in [-0.2, -0.15) is 0 Å². The molecule has 0 bridgehead atoms. The van der Waals surface area contributed by atoms with Gasteiger partial charge in [-0.25, -0.2) is 0 Å². The highest BCUT2D eigenvalue weighted by atomic mass is 16.7. The fourth-order valence-electron chi connectivity index (χ4n) is 3.35. The van der Waals surface area contributed by atoms with Crippen molar-refractivity contribution in [3.63, 3.8) is 0 Å². The normalized spacial score (nSPS) is 18.1. The van der Waals surface area contributed by atoms with E-state index in [0.717, 1.165) is 0 Å². The average Bonchev–Trinajstić information content (AvgIpc) is 3.07. The third-order valence-electron chi connectivity index (χ3n) is 4.56. The van der Waals surface area contributed by atoms with Crippen LogP contribution < -0.4 is 19.6 Å². The SMILES string of the molecule is O=C1C[C@@H](c2coc3ccccc3c2=O)c2cc3c(cc2O1)OCO3. The number of rotatable bonds is 1. The maximum atomic E-state index is 12.9. The van der Waals surface area contributed by atoms with Crippen molar-refractivity contribution in [2.45, 2.75) is 12.3 Å². The second-order valence-electron chi connectivity index (χ2n) is 5.99. The summed E-state index contributed by atoms with van der Waals surface area (Å²) in [6.45, 7) is 0.120. The van der Waals surface area contributed by atoms with Crippen molar-refractivity contribution < 1.29 is 23.4 Å². The fourth-order valence-corrected chi connectivity index (χ4v) is 3.35. The molecule has 6 heteroatoms. The number of carbonyl (C=O) groups is 1. The minimum Gasteiger partial charge on any atom is -0.464 e. The molecular weight excluding hydrogens is 324 g/mol. The van der Waals surface area contributed by atoms with Gasteiger partial charge in [0, 0.05) is 23.1 Å². The summed E-state index contributed by atoms with van der Waals surface area (Å²) >= 11 is 0. The molecule has 0 saturated heterocycles. The Morgan fingerprint density at radius 1 is 0.920 bits per heavy atom. The summed E-state index contributed by atoms with van der Waals surface area (Å²) in [5.41, 5.74) is 1.51. The zero-order valence-electron chi connectivity index (χ0n) is 13.0. The van der Waals surface area contributed by atoms with Crippen molar-refractivity contribution in [3.05, 3.63) is 64.0 Å². The van der Waals surface area contributed by atoms with Gasteiger partial charge in [0.25, 0.3) is 0 Å². The Labute approximate surface area is 141 Å². The highest BCUT2D eigenvalue weighted by molar-refractivity contribution is 5.80. The Kier molecular flexibility index (Phi) is 2.88. The molecule has 0 radical (unpaired) electrons. The molecule has 0 fully saturated rings. The number of hydrogen-bond acceptors (Lipinski definition) is 6. The third kappa shape index (κ3) is 2.11. The molecule has 0 amide bonds. The first-order valence-corrected chi connectivity index (χ1v) is 7.85. The first kappa shape index (κ1) is 14.1. The lowest BCUT2D eigenvalue weighted by Gasteiger charge is -2.24. The van der Waals surface area contributed by atoms with Crippen LogP contribution in [0.4, 0.5) is 0 Å². The minimum atomic E-state index is -0.452. The molecule has 0 spiro atoms. The van der Waals surface area contributed by atoms with Gasteiger partial charge in [-0.1, -0.05) is 12.1 Å². The molecule has 124 valence electrons. The molecule has 0 saturated carbocycles. The zero-order valence-corrected chi connectivity index (χ0v) is 13.0. The van der Waals surface area contributed by atoms with E-state index in [9.17, 15) is 9.59 Å². The Morgan fingerprint density at radius 2 is 1.72 bits per heavy atom. The molecule has 0 aliphatic carbocycles. The summed E-state index contributed by atoms with van der Waals surface area (Å²) in [4.78, 5) is 25.0. The van der Waals surface area contributed by atoms with Crippen LogP contribution in [-0.2, 0) is 4.79 Å². The number of ether oxygens (including phenoxy) is 3. The number of para-hydroxylation sites is 1. The highest BCUT2D eigenvalue weighted by Crippen LogP contribution is 2.45. The quantitative estimate of drug-likeness (QED) is 0.502. The molecule has 6 nitrogen and oxygen atoms in total. The van der Waals surface area contributed by atoms with Crippen LogP contribution >= 0.6 is 0 Å². The van der Waals surface area contributed by atoms with Gasteiger partial charge in [0.05, 0.1) is 18.1 Å². The molecule has 2 aliphatic heterocycles. The van der Waals surface area contributed by atoms with Crippen molar-refractivity contribution in [1.29, 1.82) is 0 Å². The van der Waals surface area contributed by atoms with E-state index in [1.165, 1.54) is 6.26 Å². The van der Waals surface area contributed by atoms with Crippen LogP contribution in [0.3, 0.4) is 0 Å². The van der Waals surface area contributed by atoms with Gasteiger partial charge in [0.1, 0.15) is 11.3 Å². The second kappa shape index (κ2) is 5.11. The van der Waals surface area contributed by atoms with Gasteiger partial charge in [0.2, 0.25) is 6.79 Å². The van der Waals surface area contributed by atoms with Crippen molar-refractivity contribution in [1.82, 2.24) is 0 Å². The monoisotopic (exact) mass is 336 g/mol. The highest BCUT2D eigenvalue weighted by Gasteiger charge is 2.33. The summed E-state index contributed by atoms with van der Waals surface area (Å²) < 4.78 is 21.7. The standard InChI is InChI=1S/C19H12O6/c20-18-6-11(12-5-16-17(24-9-23-16)7-15(12)25-18)13-8-22-14-4-2-1-3-10(14)19(13)21/h1-5,7-8,11H,6,9H2/t11-/m1/s1. The summed E-state index contributed by atoms with van der Waals surface area (Å²) in [5.74, 6) is 0.637. The number of carbonyl (C=O) groups excluding carboxylic acids is 1. The van der Waals surface area contributed by atoms with Crippen LogP contribution in [0, 0.1) is 0 Å². The number of benzene rings is 2. The van der Waals surface area contributed by atoms with E-state index in [1.807, 2.05) is 0 Å². The lowest BCUT2D eigenvalue weighted by molar-refractivity contribution is -0.135. The molecule has 3 heterocycles. The van der Waals surface area contributed by atoms with Gasteiger partial charge < -0.3 is 18.6 Å². The molecule has 2 aliphatic rings. The van der Waals surface area contributed by atoms with E-state index < -0.39 is 11.9 Å². The van der Waals surface area contributed by atoms with Crippen molar-refractivity contribution in [2.24, 2.45) is 0 Å². The Bertz CT molecular complexity index is 1080. The average molecular weight is 336 g/mol. The molecule has 2 aromatic carbocycles. The third-order valence-corrected chi connectivity index (χ3v) is 4.56. The largest absolute Gasteiger partial charge is 0.464 e. The summed E-state index contributed by atoms with van der Waals surface area (Å²) in [5, 5.41) is 0.487. The van der Waals surface area contributed by atoms with Crippen LogP contribution in [0.1, 0.15) is 23.5 Å². The molecule has 3 aromatic rings. The van der Waals surface area contributed by atoms with Gasteiger partial charge in [-0.3, -0.25) is 9.59 Å². The van der Waals surface area contributed by atoms with E-state index in [1.54, 1.807) is 36.4 Å². The van der Waals surface area contributed by atoms with Gasteiger partial charge in [-0.15, -0.1) is 0 Å². The minimum absolute atomic E-state index is 0.0652. The molecular formula is C19H12O6. The fraction of sp³-hybridized carbons (Fsp3) is 0.158. The topological polar surface area (TPSA) is 75.0 Å². The molecule has 25 heavy (non-hydrogen) atoms. The first-order valence-electron chi connectivity index (χ1n) is 7.85. The summed E-state index contributed by atoms with van der Waals surface area (Å²) in [6, 6.07) is 10.4. The van der Waals surface area contributed by atoms with E-state index >= 15 is 0 Å². The Balaban J connectivity index is 1.72. The van der Waals surface area contributed by atoms with E-state index in [0.29, 0.717) is 39.3 Å². The molecule has 0 unspecified atom stereocenters. The second-order valence-corrected chi connectivity index (χ2v) is 5.99. The van der Waals surface area contributed by atoms with Crippen molar-refractivity contribution in [2.75, 3.05) is 6.79 Å². The Hall–Kier alpha value is -3.28. The van der Waals surface area contributed by atoms with Crippen molar-refractivity contribution >= 4 is 16.9 Å². The summed E-state index contributed by atoms with van der Waals surface area (Å²) in [7, 11) is 0. The van der Waals surface area contributed by atoms with Crippen LogP contribution in [0.15, 0.2) is 51.9 Å². The first-order chi connectivity index (χ1) is 12.2. The molecule has 0 N–H and O–H groups in total. The number of hydrogen-bond donors (Lipinski definition) is 0. The zero-order chi connectivity index (χ0) is 17.0. The van der Waals surface area contributed by atoms with Crippen molar-refractivity contribution in [3.8, 4) is 17.2 Å².